The predicted octanol–water partition coefficient (Wildman–Crippen LogP) is 2.29. The van der Waals surface area contributed by atoms with Gasteiger partial charge >= 0.3 is 0 Å². The molecule has 2 aromatic carbocycles. The fourth-order valence-corrected chi connectivity index (χ4v) is 4.07. The first kappa shape index (κ1) is 14.5. The van der Waals surface area contributed by atoms with Gasteiger partial charge in [0, 0.05) is 0 Å². The number of nitrogens with one attached hydrogen (secondary N) is 1. The Hall–Kier alpha value is -2.89. The molecule has 1 aliphatic carbocycles. The van der Waals surface area contributed by atoms with Crippen molar-refractivity contribution in [1.82, 2.24) is 5.32 Å². The lowest BCUT2D eigenvalue weighted by atomic mass is 9.84. The minimum absolute atomic E-state index is 0.00216. The van der Waals surface area contributed by atoms with Crippen LogP contribution in [0.1, 0.15) is 34.2 Å². The van der Waals surface area contributed by atoms with Crippen LogP contribution in [0.25, 0.3) is 0 Å². The van der Waals surface area contributed by atoms with Crippen LogP contribution in [0.3, 0.4) is 0 Å². The lowest BCUT2D eigenvalue weighted by Gasteiger charge is -2.28. The lowest BCUT2D eigenvalue weighted by molar-refractivity contribution is -0.122. The number of rotatable bonds is 2. The van der Waals surface area contributed by atoms with E-state index in [4.69, 9.17) is 18.9 Å². The first-order valence-electron chi connectivity index (χ1n) is 8.18. The summed E-state index contributed by atoms with van der Waals surface area (Å²) in [5.74, 6) is 2.34. The molecule has 0 saturated heterocycles. The Morgan fingerprint density at radius 3 is 2.36 bits per heavy atom. The average Bonchev–Trinajstić information content (AvgIpc) is 2.97. The quantitative estimate of drug-likeness (QED) is 0.909. The average molecular weight is 339 g/mol. The zero-order valence-electron chi connectivity index (χ0n) is 13.9. The minimum atomic E-state index is -0.391. The van der Waals surface area contributed by atoms with E-state index in [9.17, 15) is 4.79 Å². The topological polar surface area (TPSA) is 66.0 Å². The van der Waals surface area contributed by atoms with Crippen molar-refractivity contribution in [3.63, 3.8) is 0 Å². The Morgan fingerprint density at radius 1 is 0.960 bits per heavy atom. The molecule has 2 aromatic rings. The summed E-state index contributed by atoms with van der Waals surface area (Å²) in [5.41, 5.74) is 4.10. The van der Waals surface area contributed by atoms with Crippen LogP contribution >= 0.6 is 0 Å². The van der Waals surface area contributed by atoms with Crippen molar-refractivity contribution in [2.24, 2.45) is 0 Å². The van der Waals surface area contributed by atoms with Gasteiger partial charge in [0.05, 0.1) is 26.2 Å². The van der Waals surface area contributed by atoms with Gasteiger partial charge in [0.15, 0.2) is 23.0 Å². The van der Waals surface area contributed by atoms with E-state index in [1.54, 1.807) is 14.2 Å². The third kappa shape index (κ3) is 1.94. The van der Waals surface area contributed by atoms with E-state index < -0.39 is 5.92 Å². The van der Waals surface area contributed by atoms with Gasteiger partial charge in [-0.15, -0.1) is 0 Å². The number of methoxy groups -OCH3 is 2. The summed E-state index contributed by atoms with van der Waals surface area (Å²) in [6.45, 7) is 0.219. The number of carbonyl (C=O) groups is 1. The van der Waals surface area contributed by atoms with Gasteiger partial charge < -0.3 is 24.3 Å². The second kappa shape index (κ2) is 5.05. The van der Waals surface area contributed by atoms with Crippen LogP contribution in [-0.2, 0) is 11.2 Å². The number of carbonyl (C=O) groups excluding carboxylic acids is 1. The Balaban J connectivity index is 1.75. The Morgan fingerprint density at radius 2 is 1.64 bits per heavy atom. The Labute approximate surface area is 144 Å². The van der Waals surface area contributed by atoms with Crippen LogP contribution in [-0.4, -0.2) is 26.9 Å². The van der Waals surface area contributed by atoms with Gasteiger partial charge in [0.25, 0.3) is 0 Å². The van der Waals surface area contributed by atoms with E-state index in [2.05, 4.69) is 5.32 Å². The van der Waals surface area contributed by atoms with E-state index in [0.29, 0.717) is 23.7 Å². The zero-order valence-corrected chi connectivity index (χ0v) is 13.9. The Bertz CT molecular complexity index is 907. The highest BCUT2D eigenvalue weighted by Gasteiger charge is 2.41. The van der Waals surface area contributed by atoms with Gasteiger partial charge in [0.2, 0.25) is 12.7 Å². The molecule has 6 rings (SSSR count). The molecule has 6 nitrogen and oxygen atoms in total. The normalized spacial score (nSPS) is 21.9. The zero-order chi connectivity index (χ0) is 17.1. The molecule has 0 spiro atoms. The molecule has 6 heteroatoms. The van der Waals surface area contributed by atoms with Crippen LogP contribution in [0, 0.1) is 0 Å². The third-order valence-electron chi connectivity index (χ3n) is 5.22. The molecule has 1 N–H and O–H groups in total. The summed E-state index contributed by atoms with van der Waals surface area (Å²) in [6, 6.07) is 7.74. The number of hydrogen-bond acceptors (Lipinski definition) is 5. The molecular weight excluding hydrogens is 322 g/mol. The van der Waals surface area contributed by atoms with Gasteiger partial charge in [-0.3, -0.25) is 4.79 Å². The molecule has 0 saturated carbocycles. The molecule has 1 amide bonds. The predicted molar refractivity (Wildman–Crippen MR) is 88.5 cm³/mol. The van der Waals surface area contributed by atoms with Crippen molar-refractivity contribution in [1.29, 1.82) is 0 Å². The SMILES string of the molecule is COc1cc2c(cc1OC)[C@@H]1C(=O)N[C@H](C2)c2cc3c(cc21)OCO3. The van der Waals surface area contributed by atoms with E-state index in [0.717, 1.165) is 28.0 Å². The molecule has 4 aliphatic rings. The Kier molecular flexibility index (Phi) is 2.92. The van der Waals surface area contributed by atoms with Gasteiger partial charge in [-0.2, -0.15) is 0 Å². The molecule has 25 heavy (non-hydrogen) atoms. The maximum atomic E-state index is 12.8. The fourth-order valence-electron chi connectivity index (χ4n) is 4.07. The van der Waals surface area contributed by atoms with Crippen LogP contribution in [0.15, 0.2) is 24.3 Å². The molecule has 0 aromatic heterocycles. The number of benzene rings is 2. The minimum Gasteiger partial charge on any atom is -0.493 e. The van der Waals surface area contributed by atoms with Crippen molar-refractivity contribution in [2.75, 3.05) is 21.0 Å². The van der Waals surface area contributed by atoms with Crippen LogP contribution < -0.4 is 24.3 Å². The van der Waals surface area contributed by atoms with Gasteiger partial charge in [0.1, 0.15) is 0 Å². The highest BCUT2D eigenvalue weighted by molar-refractivity contribution is 5.91. The molecule has 3 aliphatic heterocycles. The number of ether oxygens (including phenoxy) is 4. The molecule has 2 atom stereocenters. The third-order valence-corrected chi connectivity index (χ3v) is 5.22. The summed E-state index contributed by atoms with van der Waals surface area (Å²) >= 11 is 0. The summed E-state index contributed by atoms with van der Waals surface area (Å²) in [6.07, 6.45) is 0.699. The largest absolute Gasteiger partial charge is 0.493 e. The van der Waals surface area contributed by atoms with Crippen LogP contribution in [0.2, 0.25) is 0 Å². The lowest BCUT2D eigenvalue weighted by Crippen LogP contribution is -2.37. The van der Waals surface area contributed by atoms with Crippen LogP contribution in [0.5, 0.6) is 23.0 Å². The van der Waals surface area contributed by atoms with Crippen molar-refractivity contribution >= 4 is 5.91 Å². The molecule has 3 heterocycles. The molecule has 0 unspecified atom stereocenters. The number of amides is 1. The standard InChI is InChI=1S/C19H17NO5/c1-22-14-4-9-3-13-11-6-16-17(25-8-24-16)7-12(11)18(19(21)20-13)10(9)5-15(14)23-2/h4-7,13,18H,3,8H2,1-2H3,(H,20,21)/t13-,18+/m1/s1. The first-order chi connectivity index (χ1) is 12.2. The van der Waals surface area contributed by atoms with E-state index in [-0.39, 0.29) is 18.7 Å². The molecule has 0 fully saturated rings. The molecule has 2 bridgehead atoms. The molecule has 128 valence electrons. The maximum Gasteiger partial charge on any atom is 0.232 e. The van der Waals surface area contributed by atoms with Gasteiger partial charge in [-0.25, -0.2) is 0 Å². The van der Waals surface area contributed by atoms with Gasteiger partial charge in [-0.05, 0) is 52.9 Å². The maximum absolute atomic E-state index is 12.8. The smallest absolute Gasteiger partial charge is 0.232 e. The molecular formula is C19H17NO5. The molecule has 0 radical (unpaired) electrons. The summed E-state index contributed by atoms with van der Waals surface area (Å²) < 4.78 is 21.9. The van der Waals surface area contributed by atoms with E-state index in [1.165, 1.54) is 0 Å². The second-order valence-electron chi connectivity index (χ2n) is 6.44. The summed E-state index contributed by atoms with van der Waals surface area (Å²) in [7, 11) is 3.22. The summed E-state index contributed by atoms with van der Waals surface area (Å²) in [4.78, 5) is 12.8. The first-order valence-corrected chi connectivity index (χ1v) is 8.18. The second-order valence-corrected chi connectivity index (χ2v) is 6.44. The monoisotopic (exact) mass is 339 g/mol. The fraction of sp³-hybridized carbons (Fsp3) is 0.316. The van der Waals surface area contributed by atoms with Crippen molar-refractivity contribution in [3.8, 4) is 23.0 Å². The van der Waals surface area contributed by atoms with Crippen LogP contribution in [0.4, 0.5) is 0 Å². The van der Waals surface area contributed by atoms with E-state index in [1.807, 2.05) is 24.3 Å². The summed E-state index contributed by atoms with van der Waals surface area (Å²) in [5, 5.41) is 3.13. The highest BCUT2D eigenvalue weighted by atomic mass is 16.7. The van der Waals surface area contributed by atoms with Crippen molar-refractivity contribution in [2.45, 2.75) is 18.4 Å². The number of hydrogen-bond donors (Lipinski definition) is 1. The van der Waals surface area contributed by atoms with Gasteiger partial charge in [-0.1, -0.05) is 0 Å². The van der Waals surface area contributed by atoms with E-state index >= 15 is 0 Å². The van der Waals surface area contributed by atoms with Crippen molar-refractivity contribution < 1.29 is 23.7 Å². The highest BCUT2D eigenvalue weighted by Crippen LogP contribution is 2.49. The number of fused-ring (bicyclic) bond motifs is 2. The van der Waals surface area contributed by atoms with Crippen molar-refractivity contribution in [3.05, 3.63) is 46.5 Å².